The average molecular weight is 455 g/mol. The van der Waals surface area contributed by atoms with Gasteiger partial charge < -0.3 is 9.64 Å². The Labute approximate surface area is 201 Å². The molecular formula is C29H30N2O3. The van der Waals surface area contributed by atoms with Crippen LogP contribution < -0.4 is 9.64 Å². The van der Waals surface area contributed by atoms with Crippen LogP contribution in [0.4, 0.5) is 5.69 Å². The highest BCUT2D eigenvalue weighted by molar-refractivity contribution is 6.37. The number of likely N-dealkylation sites (N-methyl/N-ethyl adjacent to an activating group) is 1. The Morgan fingerprint density at radius 2 is 1.47 bits per heavy atom. The highest BCUT2D eigenvalue weighted by atomic mass is 16.5. The molecule has 0 aliphatic carbocycles. The fourth-order valence-corrected chi connectivity index (χ4v) is 4.47. The van der Waals surface area contributed by atoms with E-state index in [2.05, 4.69) is 6.07 Å². The van der Waals surface area contributed by atoms with Gasteiger partial charge in [-0.25, -0.2) is 0 Å². The molecule has 0 bridgehead atoms. The molecule has 1 heterocycles. The van der Waals surface area contributed by atoms with Gasteiger partial charge in [0.2, 0.25) is 0 Å². The molecule has 0 saturated heterocycles. The molecular weight excluding hydrogens is 424 g/mol. The molecule has 0 spiro atoms. The van der Waals surface area contributed by atoms with Gasteiger partial charge in [-0.1, -0.05) is 48.0 Å². The van der Waals surface area contributed by atoms with E-state index < -0.39 is 0 Å². The van der Waals surface area contributed by atoms with Crippen LogP contribution in [0.5, 0.6) is 5.75 Å². The van der Waals surface area contributed by atoms with Crippen LogP contribution >= 0.6 is 0 Å². The number of carbonyl (C=O) groups excluding carboxylic acids is 2. The average Bonchev–Trinajstić information content (AvgIpc) is 3.03. The van der Waals surface area contributed by atoms with E-state index in [9.17, 15) is 9.59 Å². The highest BCUT2D eigenvalue weighted by Crippen LogP contribution is 2.35. The van der Waals surface area contributed by atoms with Gasteiger partial charge in [0.25, 0.3) is 11.8 Å². The minimum Gasteiger partial charge on any atom is -0.492 e. The number of benzene rings is 3. The molecule has 34 heavy (non-hydrogen) atoms. The van der Waals surface area contributed by atoms with E-state index in [0.717, 1.165) is 39.3 Å². The number of imide groups is 1. The Morgan fingerprint density at radius 1 is 0.794 bits per heavy atom. The Bertz CT molecular complexity index is 1260. The van der Waals surface area contributed by atoms with E-state index >= 15 is 0 Å². The molecule has 0 N–H and O–H groups in total. The molecule has 5 nitrogen and oxygen atoms in total. The maximum Gasteiger partial charge on any atom is 0.278 e. The van der Waals surface area contributed by atoms with Gasteiger partial charge in [0.1, 0.15) is 18.1 Å². The van der Waals surface area contributed by atoms with E-state index in [4.69, 9.17) is 4.74 Å². The topological polar surface area (TPSA) is 49.9 Å². The summed E-state index contributed by atoms with van der Waals surface area (Å²) >= 11 is 0. The zero-order valence-corrected chi connectivity index (χ0v) is 20.4. The van der Waals surface area contributed by atoms with Crippen LogP contribution in [0.25, 0.3) is 5.57 Å². The van der Waals surface area contributed by atoms with Crippen LogP contribution in [-0.2, 0) is 9.59 Å². The molecule has 0 aromatic heterocycles. The third-order valence-corrected chi connectivity index (χ3v) is 6.05. The van der Waals surface area contributed by atoms with Gasteiger partial charge in [-0.05, 0) is 74.2 Å². The first kappa shape index (κ1) is 23.3. The summed E-state index contributed by atoms with van der Waals surface area (Å²) in [4.78, 5) is 30.3. The van der Waals surface area contributed by atoms with Gasteiger partial charge in [-0.15, -0.1) is 0 Å². The number of anilines is 1. The summed E-state index contributed by atoms with van der Waals surface area (Å²) < 4.78 is 5.91. The normalized spacial score (nSPS) is 13.6. The summed E-state index contributed by atoms with van der Waals surface area (Å²) in [6.07, 6.45) is 0. The van der Waals surface area contributed by atoms with Gasteiger partial charge in [0.15, 0.2) is 0 Å². The number of rotatable bonds is 7. The fraction of sp³-hybridized carbons (Fsp3) is 0.241. The van der Waals surface area contributed by atoms with Crippen molar-refractivity contribution in [2.75, 3.05) is 25.1 Å². The number of para-hydroxylation sites is 1. The lowest BCUT2D eigenvalue weighted by atomic mass is 9.97. The maximum absolute atomic E-state index is 13.6. The number of aryl methyl sites for hydroxylation is 4. The maximum atomic E-state index is 13.6. The number of hydrogen-bond acceptors (Lipinski definition) is 4. The van der Waals surface area contributed by atoms with Gasteiger partial charge in [-0.3, -0.25) is 14.5 Å². The predicted molar refractivity (Wildman–Crippen MR) is 136 cm³/mol. The Kier molecular flexibility index (Phi) is 6.55. The lowest BCUT2D eigenvalue weighted by Gasteiger charge is -2.22. The van der Waals surface area contributed by atoms with Gasteiger partial charge in [0, 0.05) is 12.7 Å². The molecule has 2 amide bonds. The third kappa shape index (κ3) is 4.60. The number of carbonyl (C=O) groups is 2. The van der Waals surface area contributed by atoms with Crippen LogP contribution in [0.2, 0.25) is 0 Å². The number of amides is 2. The molecule has 174 valence electrons. The lowest BCUT2D eigenvalue weighted by Crippen LogP contribution is -2.37. The molecule has 0 saturated carbocycles. The SMILES string of the molecule is Cc1cc(C)cc(OCCN2C(=O)C(c3ccc(C)cc3C)=C(N(C)c3ccccc3)C2=O)c1. The lowest BCUT2D eigenvalue weighted by molar-refractivity contribution is -0.137. The molecule has 0 atom stereocenters. The van der Waals surface area contributed by atoms with E-state index in [1.165, 1.54) is 4.90 Å². The second kappa shape index (κ2) is 9.56. The number of ether oxygens (including phenoxy) is 1. The zero-order valence-electron chi connectivity index (χ0n) is 20.4. The van der Waals surface area contributed by atoms with Crippen LogP contribution in [0, 0.1) is 27.7 Å². The summed E-state index contributed by atoms with van der Waals surface area (Å²) in [6, 6.07) is 21.5. The van der Waals surface area contributed by atoms with Crippen molar-refractivity contribution < 1.29 is 14.3 Å². The summed E-state index contributed by atoms with van der Waals surface area (Å²) in [5.74, 6) is 0.134. The van der Waals surface area contributed by atoms with Crippen LogP contribution in [0.15, 0.2) is 72.4 Å². The minimum atomic E-state index is -0.310. The van der Waals surface area contributed by atoms with Crippen molar-refractivity contribution in [3.63, 3.8) is 0 Å². The van der Waals surface area contributed by atoms with E-state index in [0.29, 0.717) is 11.3 Å². The number of nitrogens with zero attached hydrogens (tertiary/aromatic N) is 2. The second-order valence-electron chi connectivity index (χ2n) is 8.87. The summed E-state index contributed by atoms with van der Waals surface area (Å²) in [5.41, 5.74) is 6.71. The van der Waals surface area contributed by atoms with Crippen molar-refractivity contribution in [1.29, 1.82) is 0 Å². The second-order valence-corrected chi connectivity index (χ2v) is 8.87. The molecule has 0 radical (unpaired) electrons. The number of hydrogen-bond donors (Lipinski definition) is 0. The van der Waals surface area contributed by atoms with Crippen molar-refractivity contribution in [3.8, 4) is 5.75 Å². The molecule has 4 rings (SSSR count). The standard InChI is InChI=1S/C29H30N2O3/c1-19-11-12-25(22(4)16-19)26-27(30(5)23-9-7-6-8-10-23)29(33)31(28(26)32)13-14-34-24-17-20(2)15-21(3)18-24/h6-12,15-18H,13-14H2,1-5H3. The summed E-state index contributed by atoms with van der Waals surface area (Å²) in [5, 5.41) is 0. The first-order valence-corrected chi connectivity index (χ1v) is 11.4. The van der Waals surface area contributed by atoms with E-state index in [1.54, 1.807) is 4.90 Å². The van der Waals surface area contributed by atoms with Crippen molar-refractivity contribution in [1.82, 2.24) is 4.90 Å². The first-order chi connectivity index (χ1) is 16.3. The van der Waals surface area contributed by atoms with Crippen molar-refractivity contribution in [2.45, 2.75) is 27.7 Å². The molecule has 1 aliphatic heterocycles. The Hall–Kier alpha value is -3.86. The molecule has 0 fully saturated rings. The quantitative estimate of drug-likeness (QED) is 0.460. The van der Waals surface area contributed by atoms with Crippen LogP contribution in [-0.4, -0.2) is 36.9 Å². The van der Waals surface area contributed by atoms with Crippen LogP contribution in [0.3, 0.4) is 0 Å². The molecule has 3 aromatic rings. The monoisotopic (exact) mass is 454 g/mol. The largest absolute Gasteiger partial charge is 0.492 e. The summed E-state index contributed by atoms with van der Waals surface area (Å²) in [6.45, 7) is 8.41. The van der Waals surface area contributed by atoms with Crippen LogP contribution in [0.1, 0.15) is 27.8 Å². The summed E-state index contributed by atoms with van der Waals surface area (Å²) in [7, 11) is 1.83. The molecule has 5 heteroatoms. The van der Waals surface area contributed by atoms with Gasteiger partial charge in [0.05, 0.1) is 12.1 Å². The van der Waals surface area contributed by atoms with E-state index in [-0.39, 0.29) is 25.0 Å². The third-order valence-electron chi connectivity index (χ3n) is 6.05. The van der Waals surface area contributed by atoms with E-state index in [1.807, 2.05) is 95.4 Å². The molecule has 0 unspecified atom stereocenters. The fourth-order valence-electron chi connectivity index (χ4n) is 4.47. The molecule has 1 aliphatic rings. The molecule has 3 aromatic carbocycles. The zero-order chi connectivity index (χ0) is 24.4. The van der Waals surface area contributed by atoms with Gasteiger partial charge in [-0.2, -0.15) is 0 Å². The van der Waals surface area contributed by atoms with Gasteiger partial charge >= 0.3 is 0 Å². The highest BCUT2D eigenvalue weighted by Gasteiger charge is 2.41. The van der Waals surface area contributed by atoms with Crippen molar-refractivity contribution >= 4 is 23.1 Å². The minimum absolute atomic E-state index is 0.172. The van der Waals surface area contributed by atoms with Crippen molar-refractivity contribution in [3.05, 3.63) is 100 Å². The van der Waals surface area contributed by atoms with Crippen molar-refractivity contribution in [2.24, 2.45) is 0 Å². The Morgan fingerprint density at radius 3 is 2.12 bits per heavy atom. The predicted octanol–water partition coefficient (Wildman–Crippen LogP) is 5.22. The first-order valence-electron chi connectivity index (χ1n) is 11.4. The smallest absolute Gasteiger partial charge is 0.278 e. The Balaban J connectivity index is 1.66.